The van der Waals surface area contributed by atoms with Gasteiger partial charge in [0.1, 0.15) is 24.4 Å². The molecule has 36 heavy (non-hydrogen) atoms. The fourth-order valence-electron chi connectivity index (χ4n) is 5.11. The van der Waals surface area contributed by atoms with Crippen LogP contribution in [0.5, 0.6) is 11.5 Å². The van der Waals surface area contributed by atoms with E-state index in [1.165, 1.54) is 22.1 Å². The Bertz CT molecular complexity index is 1190. The summed E-state index contributed by atoms with van der Waals surface area (Å²) in [5, 5.41) is 10.5. The van der Waals surface area contributed by atoms with Gasteiger partial charge in [-0.25, -0.2) is 0 Å². The van der Waals surface area contributed by atoms with E-state index >= 15 is 0 Å². The van der Waals surface area contributed by atoms with E-state index in [9.17, 15) is 14.4 Å². The number of likely N-dealkylation sites (N-methyl/N-ethyl adjacent to an activating group) is 1. The van der Waals surface area contributed by atoms with Gasteiger partial charge in [0.2, 0.25) is 5.91 Å². The molecule has 5 rings (SSSR count). The van der Waals surface area contributed by atoms with Crippen LogP contribution < -0.4 is 20.1 Å². The van der Waals surface area contributed by atoms with Crippen molar-refractivity contribution in [2.75, 3.05) is 20.3 Å². The lowest BCUT2D eigenvalue weighted by Gasteiger charge is -2.41. The molecule has 2 N–H and O–H groups in total. The van der Waals surface area contributed by atoms with Gasteiger partial charge in [0.15, 0.2) is 17.2 Å². The molecule has 3 heterocycles. The summed E-state index contributed by atoms with van der Waals surface area (Å²) in [4.78, 5) is 40.9. The maximum absolute atomic E-state index is 13.3. The van der Waals surface area contributed by atoms with Gasteiger partial charge < -0.3 is 25.0 Å². The van der Waals surface area contributed by atoms with Crippen LogP contribution >= 0.6 is 0 Å². The molecule has 1 fully saturated rings. The summed E-state index contributed by atoms with van der Waals surface area (Å²) in [5.41, 5.74) is 0.185. The van der Waals surface area contributed by atoms with E-state index in [4.69, 9.17) is 9.47 Å². The van der Waals surface area contributed by atoms with Crippen molar-refractivity contribution in [3.8, 4) is 11.5 Å². The molecule has 0 bridgehead atoms. The van der Waals surface area contributed by atoms with Gasteiger partial charge in [-0.15, -0.1) is 0 Å². The first-order valence-electron chi connectivity index (χ1n) is 12.6. The lowest BCUT2D eigenvalue weighted by molar-refractivity contribution is -0.133. The topological polar surface area (TPSA) is 115 Å². The number of amides is 3. The first-order chi connectivity index (χ1) is 17.3. The molecule has 3 amide bonds. The Balaban J connectivity index is 1.30. The minimum Gasteiger partial charge on any atom is -0.486 e. The van der Waals surface area contributed by atoms with Crippen molar-refractivity contribution in [1.82, 2.24) is 25.3 Å². The summed E-state index contributed by atoms with van der Waals surface area (Å²) >= 11 is 0. The number of hydrogen-bond donors (Lipinski definition) is 2. The average Bonchev–Trinajstić information content (AvgIpc) is 3.31. The van der Waals surface area contributed by atoms with Gasteiger partial charge in [0, 0.05) is 19.2 Å². The Labute approximate surface area is 210 Å². The Hall–Kier alpha value is -3.56. The minimum absolute atomic E-state index is 0.132. The molecule has 1 saturated carbocycles. The van der Waals surface area contributed by atoms with Crippen molar-refractivity contribution in [1.29, 1.82) is 0 Å². The number of hydrogen-bond acceptors (Lipinski definition) is 6. The van der Waals surface area contributed by atoms with Gasteiger partial charge in [0.05, 0.1) is 12.6 Å². The minimum atomic E-state index is -1.10. The predicted molar refractivity (Wildman–Crippen MR) is 131 cm³/mol. The molecule has 1 aliphatic carbocycles. The SMILES string of the molecule is CC(NC(=O)c1cc2n(n1)CC(C)(C(=O)NC1CCCCC1)N(C)C2=O)c1ccc2c(c1)OCCO2. The molecule has 0 saturated heterocycles. The molecule has 10 nitrogen and oxygen atoms in total. The molecule has 2 unspecified atom stereocenters. The van der Waals surface area contributed by atoms with Crippen molar-refractivity contribution in [3.63, 3.8) is 0 Å². The molecule has 2 aromatic rings. The van der Waals surface area contributed by atoms with Crippen LogP contribution in [0, 0.1) is 0 Å². The summed E-state index contributed by atoms with van der Waals surface area (Å²) in [6.45, 7) is 4.78. The molecule has 10 heteroatoms. The Kier molecular flexibility index (Phi) is 6.36. The zero-order chi connectivity index (χ0) is 25.4. The molecular formula is C26H33N5O5. The molecule has 1 aromatic carbocycles. The van der Waals surface area contributed by atoms with Crippen molar-refractivity contribution in [2.24, 2.45) is 0 Å². The number of ether oxygens (including phenoxy) is 2. The Morgan fingerprint density at radius 1 is 1.11 bits per heavy atom. The predicted octanol–water partition coefficient (Wildman–Crippen LogP) is 2.44. The van der Waals surface area contributed by atoms with Crippen LogP contribution in [0.4, 0.5) is 0 Å². The molecule has 2 aliphatic heterocycles. The number of benzene rings is 1. The van der Waals surface area contributed by atoms with Crippen molar-refractivity contribution in [3.05, 3.63) is 41.2 Å². The number of nitrogens with one attached hydrogen (secondary N) is 2. The van der Waals surface area contributed by atoms with Crippen LogP contribution in [-0.2, 0) is 11.3 Å². The third kappa shape index (κ3) is 4.40. The highest BCUT2D eigenvalue weighted by atomic mass is 16.6. The number of rotatable bonds is 5. The average molecular weight is 496 g/mol. The summed E-state index contributed by atoms with van der Waals surface area (Å²) in [6.07, 6.45) is 5.30. The second-order valence-corrected chi connectivity index (χ2v) is 10.1. The highest BCUT2D eigenvalue weighted by Crippen LogP contribution is 2.33. The Morgan fingerprint density at radius 3 is 2.58 bits per heavy atom. The van der Waals surface area contributed by atoms with Crippen molar-refractivity contribution >= 4 is 17.7 Å². The highest BCUT2D eigenvalue weighted by Gasteiger charge is 2.46. The normalized spacial score (nSPS) is 22.5. The van der Waals surface area contributed by atoms with E-state index in [1.807, 2.05) is 25.1 Å². The number of carbonyl (C=O) groups is 3. The van der Waals surface area contributed by atoms with Crippen LogP contribution in [-0.4, -0.2) is 64.2 Å². The monoisotopic (exact) mass is 495 g/mol. The van der Waals surface area contributed by atoms with Crippen LogP contribution in [0.1, 0.15) is 78.5 Å². The van der Waals surface area contributed by atoms with Gasteiger partial charge in [0.25, 0.3) is 11.8 Å². The molecule has 0 spiro atoms. The number of aromatic nitrogens is 2. The molecule has 2 atom stereocenters. The molecular weight excluding hydrogens is 462 g/mol. The van der Waals surface area contributed by atoms with E-state index in [0.29, 0.717) is 24.7 Å². The van der Waals surface area contributed by atoms with Crippen molar-refractivity contribution in [2.45, 2.75) is 70.1 Å². The summed E-state index contributed by atoms with van der Waals surface area (Å²) in [6, 6.07) is 6.86. The number of carbonyl (C=O) groups excluding carboxylic acids is 3. The van der Waals surface area contributed by atoms with Gasteiger partial charge in [-0.2, -0.15) is 5.10 Å². The zero-order valence-electron chi connectivity index (χ0n) is 21.0. The second-order valence-electron chi connectivity index (χ2n) is 10.1. The number of fused-ring (bicyclic) bond motifs is 2. The fraction of sp³-hybridized carbons (Fsp3) is 0.538. The van der Waals surface area contributed by atoms with Crippen molar-refractivity contribution < 1.29 is 23.9 Å². The van der Waals surface area contributed by atoms with E-state index in [0.717, 1.165) is 31.2 Å². The van der Waals surface area contributed by atoms with E-state index in [2.05, 4.69) is 15.7 Å². The van der Waals surface area contributed by atoms with Crippen LogP contribution in [0.2, 0.25) is 0 Å². The highest BCUT2D eigenvalue weighted by molar-refractivity contribution is 6.01. The molecule has 0 radical (unpaired) electrons. The third-order valence-corrected chi connectivity index (χ3v) is 7.58. The van der Waals surface area contributed by atoms with Gasteiger partial charge in [-0.1, -0.05) is 25.3 Å². The second kappa shape index (κ2) is 9.48. The van der Waals surface area contributed by atoms with Gasteiger partial charge in [-0.05, 0) is 44.4 Å². The van der Waals surface area contributed by atoms with Crippen LogP contribution in [0.15, 0.2) is 24.3 Å². The summed E-state index contributed by atoms with van der Waals surface area (Å²) in [5.74, 6) is 0.405. The quantitative estimate of drug-likeness (QED) is 0.659. The van der Waals surface area contributed by atoms with Crippen LogP contribution in [0.25, 0.3) is 0 Å². The first kappa shape index (κ1) is 24.1. The fourth-order valence-corrected chi connectivity index (χ4v) is 5.11. The van der Waals surface area contributed by atoms with Crippen LogP contribution in [0.3, 0.4) is 0 Å². The largest absolute Gasteiger partial charge is 0.486 e. The lowest BCUT2D eigenvalue weighted by Crippen LogP contribution is -2.63. The smallest absolute Gasteiger partial charge is 0.272 e. The molecule has 192 valence electrons. The van der Waals surface area contributed by atoms with Gasteiger partial charge in [-0.3, -0.25) is 19.1 Å². The number of nitrogens with zero attached hydrogens (tertiary/aromatic N) is 3. The Morgan fingerprint density at radius 2 is 1.83 bits per heavy atom. The van der Waals surface area contributed by atoms with Gasteiger partial charge >= 0.3 is 0 Å². The van der Waals surface area contributed by atoms with E-state index in [-0.39, 0.29) is 41.8 Å². The molecule has 3 aliphatic rings. The van der Waals surface area contributed by atoms with E-state index < -0.39 is 11.4 Å². The first-order valence-corrected chi connectivity index (χ1v) is 12.6. The summed E-state index contributed by atoms with van der Waals surface area (Å²) < 4.78 is 12.7. The van der Waals surface area contributed by atoms with E-state index in [1.54, 1.807) is 14.0 Å². The maximum atomic E-state index is 13.3. The third-order valence-electron chi connectivity index (χ3n) is 7.58. The lowest BCUT2D eigenvalue weighted by atomic mass is 9.92. The summed E-state index contributed by atoms with van der Waals surface area (Å²) in [7, 11) is 1.63. The standard InChI is InChI=1S/C26H33N5O5/c1-16(17-9-10-21-22(13-17)36-12-11-35-21)27-23(32)19-14-20-24(33)30(3)26(2,15-31(20)29-19)25(34)28-18-7-5-4-6-8-18/h9-10,13-14,16,18H,4-8,11-12,15H2,1-3H3,(H,27,32)(H,28,34). The maximum Gasteiger partial charge on any atom is 0.272 e. The zero-order valence-corrected chi connectivity index (χ0v) is 21.0. The molecule has 1 aromatic heterocycles.